The van der Waals surface area contributed by atoms with Gasteiger partial charge in [0.1, 0.15) is 5.92 Å². The van der Waals surface area contributed by atoms with Crippen LogP contribution in [0.2, 0.25) is 0 Å². The van der Waals surface area contributed by atoms with Crippen LogP contribution < -0.4 is 0 Å². The third kappa shape index (κ3) is 1.56. The summed E-state index contributed by atoms with van der Waals surface area (Å²) in [7, 11) is 0. The molecule has 0 saturated carbocycles. The van der Waals surface area contributed by atoms with Crippen LogP contribution in [0.15, 0.2) is 21.4 Å². The maximum absolute atomic E-state index is 11.3. The second-order valence-corrected chi connectivity index (χ2v) is 3.04. The molecule has 1 atom stereocenters. The Labute approximate surface area is 78.1 Å². The molecule has 0 aromatic carbocycles. The van der Waals surface area contributed by atoms with Crippen LogP contribution in [0.1, 0.15) is 17.3 Å². The smallest absolute Gasteiger partial charge is 0.184 e. The van der Waals surface area contributed by atoms with Crippen LogP contribution in [0.5, 0.6) is 0 Å². The van der Waals surface area contributed by atoms with E-state index in [1.165, 1.54) is 6.26 Å². The number of furan rings is 1. The van der Waals surface area contributed by atoms with E-state index in [9.17, 15) is 4.79 Å². The van der Waals surface area contributed by atoms with E-state index in [2.05, 4.69) is 15.9 Å². The van der Waals surface area contributed by atoms with Crippen LogP contribution >= 0.6 is 15.9 Å². The van der Waals surface area contributed by atoms with Crippen LogP contribution in [-0.2, 0) is 0 Å². The lowest BCUT2D eigenvalue weighted by Crippen LogP contribution is -2.08. The molecule has 1 aromatic rings. The van der Waals surface area contributed by atoms with Gasteiger partial charge >= 0.3 is 0 Å². The number of rotatable bonds is 2. The van der Waals surface area contributed by atoms with E-state index < -0.39 is 5.92 Å². The number of hydrogen-bond acceptors (Lipinski definition) is 3. The minimum absolute atomic E-state index is 0.224. The molecule has 1 unspecified atom stereocenters. The summed E-state index contributed by atoms with van der Waals surface area (Å²) < 4.78 is 5.25. The third-order valence-corrected chi connectivity index (χ3v) is 2.08. The van der Waals surface area contributed by atoms with E-state index in [1.54, 1.807) is 13.0 Å². The molecule has 4 heteroatoms. The van der Waals surface area contributed by atoms with Gasteiger partial charge in [-0.1, -0.05) is 0 Å². The molecule has 0 aliphatic heterocycles. The summed E-state index contributed by atoms with van der Waals surface area (Å²) in [6.45, 7) is 1.56. The van der Waals surface area contributed by atoms with Crippen molar-refractivity contribution in [2.75, 3.05) is 0 Å². The highest BCUT2D eigenvalue weighted by molar-refractivity contribution is 9.10. The Morgan fingerprint density at radius 3 is 2.92 bits per heavy atom. The summed E-state index contributed by atoms with van der Waals surface area (Å²) in [5, 5.41) is 8.48. The van der Waals surface area contributed by atoms with E-state index in [0.29, 0.717) is 10.2 Å². The number of nitrogens with zero attached hydrogens (tertiary/aromatic N) is 1. The Balaban J connectivity index is 2.94. The fraction of sp³-hybridized carbons (Fsp3) is 0.250. The molecule has 0 spiro atoms. The Kier molecular flexibility index (Phi) is 2.66. The molecular weight excluding hydrogens is 222 g/mol. The van der Waals surface area contributed by atoms with Crippen molar-refractivity contribution in [3.63, 3.8) is 0 Å². The van der Waals surface area contributed by atoms with Crippen LogP contribution in [-0.4, -0.2) is 5.78 Å². The number of ketones is 1. The molecule has 0 fully saturated rings. The van der Waals surface area contributed by atoms with Crippen molar-refractivity contribution in [3.8, 4) is 6.07 Å². The van der Waals surface area contributed by atoms with Crippen molar-refractivity contribution in [3.05, 3.63) is 22.6 Å². The lowest BCUT2D eigenvalue weighted by Gasteiger charge is -1.97. The standard InChI is InChI=1S/C8H6BrNO2/c1-5(4-10)7(11)6-2-3-12-8(6)9/h2-3,5H,1H3. The molecule has 0 N–H and O–H groups in total. The quantitative estimate of drug-likeness (QED) is 0.730. The molecule has 62 valence electrons. The molecule has 0 aliphatic carbocycles. The second-order valence-electron chi connectivity index (χ2n) is 2.32. The molecule has 0 aliphatic rings. The van der Waals surface area contributed by atoms with Crippen LogP contribution in [0.3, 0.4) is 0 Å². The van der Waals surface area contributed by atoms with Crippen LogP contribution in [0.25, 0.3) is 0 Å². The van der Waals surface area contributed by atoms with Gasteiger partial charge in [0.15, 0.2) is 10.5 Å². The molecule has 1 rings (SSSR count). The van der Waals surface area contributed by atoms with Gasteiger partial charge in [-0.2, -0.15) is 5.26 Å². The van der Waals surface area contributed by atoms with Gasteiger partial charge < -0.3 is 4.42 Å². The minimum Gasteiger partial charge on any atom is -0.457 e. The SMILES string of the molecule is CC(C#N)C(=O)c1ccoc1Br. The van der Waals surface area contributed by atoms with Gasteiger partial charge in [-0.25, -0.2) is 0 Å². The summed E-state index contributed by atoms with van der Waals surface area (Å²) in [6.07, 6.45) is 1.40. The Hall–Kier alpha value is -1.08. The van der Waals surface area contributed by atoms with Gasteiger partial charge in [0.05, 0.1) is 17.9 Å². The molecule has 0 saturated heterocycles. The van der Waals surface area contributed by atoms with Crippen molar-refractivity contribution in [2.24, 2.45) is 5.92 Å². The largest absolute Gasteiger partial charge is 0.457 e. The second kappa shape index (κ2) is 3.55. The van der Waals surface area contributed by atoms with Crippen molar-refractivity contribution in [1.29, 1.82) is 5.26 Å². The Morgan fingerprint density at radius 1 is 1.83 bits per heavy atom. The highest BCUT2D eigenvalue weighted by atomic mass is 79.9. The maximum atomic E-state index is 11.3. The normalized spacial score (nSPS) is 12.1. The zero-order chi connectivity index (χ0) is 9.14. The summed E-state index contributed by atoms with van der Waals surface area (Å²) in [5.41, 5.74) is 0.420. The van der Waals surface area contributed by atoms with E-state index >= 15 is 0 Å². The van der Waals surface area contributed by atoms with Crippen molar-refractivity contribution < 1.29 is 9.21 Å². The Bertz CT molecular complexity index is 337. The van der Waals surface area contributed by atoms with Crippen molar-refractivity contribution in [2.45, 2.75) is 6.92 Å². The molecule has 3 nitrogen and oxygen atoms in total. The zero-order valence-corrected chi connectivity index (χ0v) is 7.96. The molecule has 12 heavy (non-hydrogen) atoms. The van der Waals surface area contributed by atoms with Gasteiger partial charge in [-0.15, -0.1) is 0 Å². The molecule has 1 heterocycles. The minimum atomic E-state index is -0.626. The lowest BCUT2D eigenvalue weighted by molar-refractivity contribution is 0.0955. The fourth-order valence-electron chi connectivity index (χ4n) is 0.762. The number of carbonyl (C=O) groups is 1. The van der Waals surface area contributed by atoms with E-state index in [0.717, 1.165) is 0 Å². The summed E-state index contributed by atoms with van der Waals surface area (Å²) in [5.74, 6) is -0.850. The average Bonchev–Trinajstić information content (AvgIpc) is 2.48. The molecule has 0 bridgehead atoms. The van der Waals surface area contributed by atoms with E-state index in [1.807, 2.05) is 6.07 Å². The van der Waals surface area contributed by atoms with Crippen molar-refractivity contribution in [1.82, 2.24) is 0 Å². The zero-order valence-electron chi connectivity index (χ0n) is 6.37. The summed E-state index contributed by atoms with van der Waals surface area (Å²) in [4.78, 5) is 11.3. The lowest BCUT2D eigenvalue weighted by atomic mass is 10.0. The first-order chi connectivity index (χ1) is 5.66. The number of halogens is 1. The topological polar surface area (TPSA) is 54.0 Å². The van der Waals surface area contributed by atoms with E-state index in [4.69, 9.17) is 9.68 Å². The van der Waals surface area contributed by atoms with Gasteiger partial charge in [-0.05, 0) is 28.9 Å². The molecule has 0 radical (unpaired) electrons. The number of Topliss-reactive ketones (excluding diaryl/α,β-unsaturated/α-hetero) is 1. The number of hydrogen-bond donors (Lipinski definition) is 0. The van der Waals surface area contributed by atoms with Crippen molar-refractivity contribution >= 4 is 21.7 Å². The first-order valence-corrected chi connectivity index (χ1v) is 4.13. The first-order valence-electron chi connectivity index (χ1n) is 3.33. The van der Waals surface area contributed by atoms with Gasteiger partial charge in [0.2, 0.25) is 0 Å². The predicted octanol–water partition coefficient (Wildman–Crippen LogP) is 2.38. The summed E-state index contributed by atoms with van der Waals surface area (Å²) in [6, 6.07) is 3.41. The van der Waals surface area contributed by atoms with Gasteiger partial charge in [-0.3, -0.25) is 4.79 Å². The molecular formula is C8H6BrNO2. The average molecular weight is 228 g/mol. The molecule has 0 amide bonds. The maximum Gasteiger partial charge on any atom is 0.184 e. The van der Waals surface area contributed by atoms with Crippen LogP contribution in [0, 0.1) is 17.2 Å². The van der Waals surface area contributed by atoms with Crippen LogP contribution in [0.4, 0.5) is 0 Å². The summed E-state index contributed by atoms with van der Waals surface area (Å²) >= 11 is 3.07. The fourth-order valence-corrected chi connectivity index (χ4v) is 1.20. The third-order valence-electron chi connectivity index (χ3n) is 1.47. The van der Waals surface area contributed by atoms with Gasteiger partial charge in [0, 0.05) is 0 Å². The van der Waals surface area contributed by atoms with Gasteiger partial charge in [0.25, 0.3) is 0 Å². The monoisotopic (exact) mass is 227 g/mol. The predicted molar refractivity (Wildman–Crippen MR) is 45.5 cm³/mol. The highest BCUT2D eigenvalue weighted by Gasteiger charge is 2.18. The first kappa shape index (κ1) is 9.01. The van der Waals surface area contributed by atoms with E-state index in [-0.39, 0.29) is 5.78 Å². The highest BCUT2D eigenvalue weighted by Crippen LogP contribution is 2.20. The Morgan fingerprint density at radius 2 is 2.50 bits per heavy atom. The number of nitriles is 1. The molecule has 1 aromatic heterocycles. The number of carbonyl (C=O) groups excluding carboxylic acids is 1.